The van der Waals surface area contributed by atoms with Gasteiger partial charge in [-0.25, -0.2) is 0 Å². The highest BCUT2D eigenvalue weighted by Gasteiger charge is 2.41. The first-order valence-corrected chi connectivity index (χ1v) is 10.9. The standard InChI is InChI=1S/C24H29ClN4O2/c1-14-19(10-11-28(4)24(14,2)3)29(5)22-9-7-18(26-27-22)17-12-15-6-8-20(30)23(25)16(15)13-21(17)31/h6-9,12-14,19,30-31H,10-11H2,1-5H3. The maximum absolute atomic E-state index is 10.6. The molecule has 7 heteroatoms. The van der Waals surface area contributed by atoms with Crippen LogP contribution in [0.3, 0.4) is 0 Å². The zero-order chi connectivity index (χ0) is 22.5. The summed E-state index contributed by atoms with van der Waals surface area (Å²) in [7, 11) is 4.26. The first kappa shape index (κ1) is 21.7. The van der Waals surface area contributed by atoms with E-state index < -0.39 is 0 Å². The minimum absolute atomic E-state index is 0.0141. The van der Waals surface area contributed by atoms with Gasteiger partial charge in [-0.15, -0.1) is 10.2 Å². The van der Waals surface area contributed by atoms with E-state index in [4.69, 9.17) is 11.6 Å². The zero-order valence-electron chi connectivity index (χ0n) is 18.6. The molecule has 2 atom stereocenters. The third-order valence-corrected chi connectivity index (χ3v) is 7.67. The van der Waals surface area contributed by atoms with Crippen LogP contribution in [0.4, 0.5) is 5.82 Å². The lowest BCUT2D eigenvalue weighted by molar-refractivity contribution is 0.0391. The molecule has 0 radical (unpaired) electrons. The summed E-state index contributed by atoms with van der Waals surface area (Å²) in [5.41, 5.74) is 1.26. The number of fused-ring (bicyclic) bond motifs is 1. The minimum Gasteiger partial charge on any atom is -0.507 e. The molecule has 4 rings (SSSR count). The van der Waals surface area contributed by atoms with Crippen molar-refractivity contribution in [1.82, 2.24) is 15.1 Å². The molecule has 2 aromatic carbocycles. The van der Waals surface area contributed by atoms with Crippen molar-refractivity contribution in [2.24, 2.45) is 5.92 Å². The number of piperidine rings is 1. The summed E-state index contributed by atoms with van der Waals surface area (Å²) in [5.74, 6) is 1.30. The molecule has 1 saturated heterocycles. The van der Waals surface area contributed by atoms with Gasteiger partial charge in [-0.2, -0.15) is 0 Å². The molecule has 0 saturated carbocycles. The molecule has 164 valence electrons. The largest absolute Gasteiger partial charge is 0.507 e. The average Bonchev–Trinajstić information content (AvgIpc) is 2.75. The molecule has 0 aliphatic carbocycles. The predicted octanol–water partition coefficient (Wildman–Crippen LogP) is 4.92. The number of anilines is 1. The van der Waals surface area contributed by atoms with Gasteiger partial charge < -0.3 is 20.0 Å². The Labute approximate surface area is 188 Å². The monoisotopic (exact) mass is 440 g/mol. The smallest absolute Gasteiger partial charge is 0.151 e. The second-order valence-electron chi connectivity index (χ2n) is 9.10. The van der Waals surface area contributed by atoms with Gasteiger partial charge in [0.2, 0.25) is 0 Å². The van der Waals surface area contributed by atoms with E-state index in [1.807, 2.05) is 18.2 Å². The van der Waals surface area contributed by atoms with Crippen molar-refractivity contribution in [3.63, 3.8) is 0 Å². The molecule has 0 bridgehead atoms. The number of phenolic OH excluding ortho intramolecular Hbond substituents is 2. The van der Waals surface area contributed by atoms with Crippen LogP contribution in [0.25, 0.3) is 22.0 Å². The van der Waals surface area contributed by atoms with Gasteiger partial charge in [0.1, 0.15) is 11.5 Å². The fourth-order valence-corrected chi connectivity index (χ4v) is 4.78. The Hall–Kier alpha value is -2.57. The molecule has 1 aliphatic heterocycles. The molecule has 1 aliphatic rings. The summed E-state index contributed by atoms with van der Waals surface area (Å²) in [5, 5.41) is 30.8. The molecular formula is C24H29ClN4O2. The SMILES string of the molecule is CC1C(N(C)c2ccc(-c3cc4ccc(O)c(Cl)c4cc3O)nn2)CCN(C)C1(C)C. The number of aromatic hydroxyl groups is 2. The lowest BCUT2D eigenvalue weighted by Crippen LogP contribution is -2.59. The first-order valence-electron chi connectivity index (χ1n) is 10.5. The van der Waals surface area contributed by atoms with Gasteiger partial charge in [0.25, 0.3) is 0 Å². The van der Waals surface area contributed by atoms with E-state index in [9.17, 15) is 10.2 Å². The van der Waals surface area contributed by atoms with Crippen molar-refractivity contribution in [3.8, 4) is 22.8 Å². The number of benzene rings is 2. The van der Waals surface area contributed by atoms with Gasteiger partial charge >= 0.3 is 0 Å². The Morgan fingerprint density at radius 1 is 1.10 bits per heavy atom. The van der Waals surface area contributed by atoms with Crippen LogP contribution < -0.4 is 4.90 Å². The maximum Gasteiger partial charge on any atom is 0.151 e. The maximum atomic E-state index is 10.6. The molecule has 0 spiro atoms. The highest BCUT2D eigenvalue weighted by Crippen LogP contribution is 2.39. The molecule has 6 nitrogen and oxygen atoms in total. The number of aromatic nitrogens is 2. The third-order valence-electron chi connectivity index (χ3n) is 7.27. The molecule has 3 aromatic rings. The second-order valence-corrected chi connectivity index (χ2v) is 9.47. The predicted molar refractivity (Wildman–Crippen MR) is 126 cm³/mol. The molecule has 31 heavy (non-hydrogen) atoms. The Balaban J connectivity index is 1.63. The highest BCUT2D eigenvalue weighted by atomic mass is 35.5. The van der Waals surface area contributed by atoms with Crippen LogP contribution in [0.5, 0.6) is 11.5 Å². The number of rotatable bonds is 3. The summed E-state index contributed by atoms with van der Waals surface area (Å²) >= 11 is 6.17. The van der Waals surface area contributed by atoms with E-state index in [1.54, 1.807) is 18.2 Å². The van der Waals surface area contributed by atoms with Crippen molar-refractivity contribution < 1.29 is 10.2 Å². The highest BCUT2D eigenvalue weighted by molar-refractivity contribution is 6.37. The molecule has 1 fully saturated rings. The van der Waals surface area contributed by atoms with Crippen molar-refractivity contribution >= 4 is 28.2 Å². The normalized spacial score (nSPS) is 21.4. The number of halogens is 1. The average molecular weight is 441 g/mol. The Kier molecular flexibility index (Phi) is 5.48. The van der Waals surface area contributed by atoms with Crippen LogP contribution in [0.1, 0.15) is 27.2 Å². The van der Waals surface area contributed by atoms with E-state index in [0.29, 0.717) is 28.6 Å². The molecule has 1 aromatic heterocycles. The summed E-state index contributed by atoms with van der Waals surface area (Å²) in [6.45, 7) is 7.93. The topological polar surface area (TPSA) is 72.7 Å². The summed E-state index contributed by atoms with van der Waals surface area (Å²) < 4.78 is 0. The Morgan fingerprint density at radius 2 is 1.84 bits per heavy atom. The Bertz CT molecular complexity index is 1120. The van der Waals surface area contributed by atoms with Crippen LogP contribution in [0.15, 0.2) is 36.4 Å². The van der Waals surface area contributed by atoms with E-state index in [2.05, 4.69) is 54.9 Å². The molecule has 2 unspecified atom stereocenters. The molecule has 0 amide bonds. The van der Waals surface area contributed by atoms with Crippen LogP contribution in [0, 0.1) is 5.92 Å². The first-order chi connectivity index (χ1) is 14.6. The lowest BCUT2D eigenvalue weighted by Gasteiger charge is -2.51. The van der Waals surface area contributed by atoms with Crippen LogP contribution in [-0.2, 0) is 0 Å². The zero-order valence-corrected chi connectivity index (χ0v) is 19.4. The summed E-state index contributed by atoms with van der Waals surface area (Å²) in [6, 6.07) is 10.9. The fourth-order valence-electron chi connectivity index (χ4n) is 4.56. The van der Waals surface area contributed by atoms with Crippen molar-refractivity contribution in [2.75, 3.05) is 25.5 Å². The van der Waals surface area contributed by atoms with Gasteiger partial charge in [-0.1, -0.05) is 24.6 Å². The van der Waals surface area contributed by atoms with Crippen LogP contribution in [0.2, 0.25) is 5.02 Å². The summed E-state index contributed by atoms with van der Waals surface area (Å²) in [6.07, 6.45) is 1.07. The van der Waals surface area contributed by atoms with Gasteiger partial charge in [-0.05, 0) is 69.0 Å². The van der Waals surface area contributed by atoms with Crippen LogP contribution in [-0.4, -0.2) is 57.5 Å². The van der Waals surface area contributed by atoms with Crippen LogP contribution >= 0.6 is 11.6 Å². The van der Waals surface area contributed by atoms with Gasteiger partial charge in [-0.3, -0.25) is 0 Å². The van der Waals surface area contributed by atoms with E-state index >= 15 is 0 Å². The Morgan fingerprint density at radius 3 is 2.52 bits per heavy atom. The third kappa shape index (κ3) is 3.68. The summed E-state index contributed by atoms with van der Waals surface area (Å²) in [4.78, 5) is 4.64. The van der Waals surface area contributed by atoms with E-state index in [1.165, 1.54) is 0 Å². The van der Waals surface area contributed by atoms with Crippen molar-refractivity contribution in [1.29, 1.82) is 0 Å². The molecule has 2 N–H and O–H groups in total. The van der Waals surface area contributed by atoms with Gasteiger partial charge in [0.05, 0.1) is 10.7 Å². The van der Waals surface area contributed by atoms with Crippen molar-refractivity contribution in [3.05, 3.63) is 41.4 Å². The lowest BCUT2D eigenvalue weighted by atomic mass is 9.77. The fraction of sp³-hybridized carbons (Fsp3) is 0.417. The van der Waals surface area contributed by atoms with E-state index in [0.717, 1.165) is 24.2 Å². The number of hydrogen-bond donors (Lipinski definition) is 2. The molecular weight excluding hydrogens is 412 g/mol. The second kappa shape index (κ2) is 7.84. The number of nitrogens with zero attached hydrogens (tertiary/aromatic N) is 4. The van der Waals surface area contributed by atoms with E-state index in [-0.39, 0.29) is 22.1 Å². The number of likely N-dealkylation sites (tertiary alicyclic amines) is 1. The number of hydrogen-bond acceptors (Lipinski definition) is 6. The van der Waals surface area contributed by atoms with Gasteiger partial charge in [0, 0.05) is 36.1 Å². The quantitative estimate of drug-likeness (QED) is 0.602. The van der Waals surface area contributed by atoms with Gasteiger partial charge in [0.15, 0.2) is 5.82 Å². The van der Waals surface area contributed by atoms with Crippen molar-refractivity contribution in [2.45, 2.75) is 38.8 Å². The molecule has 2 heterocycles. The number of phenols is 2. The minimum atomic E-state index is -0.0141.